The molecule has 0 saturated heterocycles. The molecule has 0 unspecified atom stereocenters. The highest BCUT2D eigenvalue weighted by molar-refractivity contribution is 5.88. The first-order valence-corrected chi connectivity index (χ1v) is 6.31. The van der Waals surface area contributed by atoms with Crippen LogP contribution in [0.1, 0.15) is 55.3 Å². The highest BCUT2D eigenvalue weighted by atomic mass is 16.5. The van der Waals surface area contributed by atoms with Gasteiger partial charge in [-0.1, -0.05) is 26.7 Å². The third-order valence-electron chi connectivity index (χ3n) is 2.97. The molecule has 2 rings (SSSR count). The first-order chi connectivity index (χ1) is 8.58. The summed E-state index contributed by atoms with van der Waals surface area (Å²) in [4.78, 5) is 19.3. The number of rotatable bonds is 6. The van der Waals surface area contributed by atoms with Gasteiger partial charge < -0.3 is 9.84 Å². The van der Waals surface area contributed by atoms with Gasteiger partial charge in [-0.3, -0.25) is 0 Å². The van der Waals surface area contributed by atoms with Crippen molar-refractivity contribution in [3.05, 3.63) is 17.7 Å². The van der Waals surface area contributed by atoms with E-state index in [0.717, 1.165) is 12.3 Å². The van der Waals surface area contributed by atoms with Gasteiger partial charge in [0.1, 0.15) is 5.82 Å². The average molecular weight is 250 g/mol. The van der Waals surface area contributed by atoms with Crippen molar-refractivity contribution in [2.24, 2.45) is 5.92 Å². The summed E-state index contributed by atoms with van der Waals surface area (Å²) in [7, 11) is 0. The first-order valence-electron chi connectivity index (χ1n) is 6.31. The highest BCUT2D eigenvalue weighted by Gasteiger charge is 2.22. The van der Waals surface area contributed by atoms with Crippen molar-refractivity contribution < 1.29 is 14.6 Å². The Labute approximate surface area is 106 Å². The van der Waals surface area contributed by atoms with E-state index >= 15 is 0 Å². The summed E-state index contributed by atoms with van der Waals surface area (Å²) in [5.74, 6) is 0.591. The molecule has 1 aliphatic carbocycles. The number of carboxylic acid groups (broad SMARTS) is 1. The normalized spacial score (nSPS) is 14.8. The molecule has 18 heavy (non-hydrogen) atoms. The van der Waals surface area contributed by atoms with Gasteiger partial charge in [-0.2, -0.15) is 0 Å². The smallest absolute Gasteiger partial charge is 0.358 e. The Balaban J connectivity index is 2.08. The third-order valence-corrected chi connectivity index (χ3v) is 2.97. The Bertz CT molecular complexity index is 442. The molecule has 5 nitrogen and oxygen atoms in total. The van der Waals surface area contributed by atoms with Crippen LogP contribution in [0.2, 0.25) is 0 Å². The van der Waals surface area contributed by atoms with E-state index in [1.165, 1.54) is 19.0 Å². The monoisotopic (exact) mass is 250 g/mol. The van der Waals surface area contributed by atoms with Crippen molar-refractivity contribution in [1.29, 1.82) is 0 Å². The maximum absolute atomic E-state index is 11.1. The van der Waals surface area contributed by atoms with Crippen LogP contribution in [0, 0.1) is 5.92 Å². The van der Waals surface area contributed by atoms with Gasteiger partial charge in [-0.05, 0) is 12.3 Å². The van der Waals surface area contributed by atoms with Crippen LogP contribution in [0.4, 0.5) is 0 Å². The minimum atomic E-state index is -1.07. The molecular weight excluding hydrogens is 232 g/mol. The summed E-state index contributed by atoms with van der Waals surface area (Å²) in [6, 6.07) is 0. The van der Waals surface area contributed by atoms with Gasteiger partial charge in [0, 0.05) is 5.92 Å². The molecule has 1 N–H and O–H groups in total. The largest absolute Gasteiger partial charge is 0.489 e. The number of aromatic nitrogens is 2. The lowest BCUT2D eigenvalue weighted by atomic mass is 10.2. The summed E-state index contributed by atoms with van der Waals surface area (Å²) < 4.78 is 5.48. The van der Waals surface area contributed by atoms with Gasteiger partial charge in [0.05, 0.1) is 12.8 Å². The summed E-state index contributed by atoms with van der Waals surface area (Å²) in [5, 5.41) is 9.12. The van der Waals surface area contributed by atoms with Crippen LogP contribution in [0.15, 0.2) is 6.20 Å². The van der Waals surface area contributed by atoms with E-state index in [1.54, 1.807) is 0 Å². The molecular formula is C13H18N2O3. The molecule has 0 radical (unpaired) electrons. The van der Waals surface area contributed by atoms with E-state index in [-0.39, 0.29) is 17.4 Å². The Morgan fingerprint density at radius 2 is 2.28 bits per heavy atom. The zero-order valence-corrected chi connectivity index (χ0v) is 10.7. The number of nitrogens with zero attached hydrogens (tertiary/aromatic N) is 2. The SMILES string of the molecule is CC(C)c1ncc(OCCC2CC2)c(C(=O)O)n1. The third kappa shape index (κ3) is 3.18. The fourth-order valence-corrected chi connectivity index (χ4v) is 1.66. The van der Waals surface area contributed by atoms with Gasteiger partial charge in [0.2, 0.25) is 0 Å². The van der Waals surface area contributed by atoms with Gasteiger partial charge in [0.15, 0.2) is 11.4 Å². The number of aromatic carboxylic acids is 1. The number of ether oxygens (including phenoxy) is 1. The molecule has 1 saturated carbocycles. The van der Waals surface area contributed by atoms with Crippen molar-refractivity contribution in [2.45, 2.75) is 39.0 Å². The number of carboxylic acids is 1. The maximum Gasteiger partial charge on any atom is 0.358 e. The average Bonchev–Trinajstić information content (AvgIpc) is 3.13. The minimum absolute atomic E-state index is 0.0375. The molecule has 5 heteroatoms. The molecule has 1 fully saturated rings. The van der Waals surface area contributed by atoms with Crippen LogP contribution in [0.5, 0.6) is 5.75 Å². The molecule has 0 aliphatic heterocycles. The van der Waals surface area contributed by atoms with Gasteiger partial charge in [0.25, 0.3) is 0 Å². The topological polar surface area (TPSA) is 72.3 Å². The molecule has 1 heterocycles. The fourth-order valence-electron chi connectivity index (χ4n) is 1.66. The molecule has 98 valence electrons. The summed E-state index contributed by atoms with van der Waals surface area (Å²) in [6.45, 7) is 4.39. The molecule has 1 aromatic heterocycles. The fraction of sp³-hybridized carbons (Fsp3) is 0.615. The molecule has 0 amide bonds. The summed E-state index contributed by atoms with van der Waals surface area (Å²) in [6.07, 6.45) is 4.97. The number of hydrogen-bond donors (Lipinski definition) is 1. The second-order valence-corrected chi connectivity index (χ2v) is 4.98. The summed E-state index contributed by atoms with van der Waals surface area (Å²) >= 11 is 0. The second-order valence-electron chi connectivity index (χ2n) is 4.98. The Hall–Kier alpha value is -1.65. The summed E-state index contributed by atoms with van der Waals surface area (Å²) in [5.41, 5.74) is -0.0375. The van der Waals surface area contributed by atoms with Crippen LogP contribution in [0.3, 0.4) is 0 Å². The van der Waals surface area contributed by atoms with Crippen molar-refractivity contribution >= 4 is 5.97 Å². The Morgan fingerprint density at radius 3 is 2.83 bits per heavy atom. The number of hydrogen-bond acceptors (Lipinski definition) is 4. The van der Waals surface area contributed by atoms with Crippen molar-refractivity contribution in [1.82, 2.24) is 9.97 Å². The maximum atomic E-state index is 11.1. The zero-order valence-electron chi connectivity index (χ0n) is 10.7. The van der Waals surface area contributed by atoms with E-state index < -0.39 is 5.97 Å². The van der Waals surface area contributed by atoms with Gasteiger partial charge >= 0.3 is 5.97 Å². The van der Waals surface area contributed by atoms with Crippen LogP contribution < -0.4 is 4.74 Å². The Kier molecular flexibility index (Phi) is 3.79. The van der Waals surface area contributed by atoms with Crippen LogP contribution in [0.25, 0.3) is 0 Å². The molecule has 1 aromatic rings. The first kappa shape index (κ1) is 12.8. The standard InChI is InChI=1S/C13H18N2O3/c1-8(2)12-14-7-10(11(15-12)13(16)17)18-6-5-9-3-4-9/h7-9H,3-6H2,1-2H3,(H,16,17). The predicted molar refractivity (Wildman–Crippen MR) is 65.9 cm³/mol. The lowest BCUT2D eigenvalue weighted by Crippen LogP contribution is -2.11. The van der Waals surface area contributed by atoms with Gasteiger partial charge in [-0.15, -0.1) is 0 Å². The highest BCUT2D eigenvalue weighted by Crippen LogP contribution is 2.32. The molecule has 0 atom stereocenters. The van der Waals surface area contributed by atoms with Crippen LogP contribution >= 0.6 is 0 Å². The van der Waals surface area contributed by atoms with Crippen LogP contribution in [-0.2, 0) is 0 Å². The minimum Gasteiger partial charge on any atom is -0.489 e. The molecule has 0 spiro atoms. The molecule has 0 aromatic carbocycles. The van der Waals surface area contributed by atoms with E-state index in [2.05, 4.69) is 9.97 Å². The lowest BCUT2D eigenvalue weighted by Gasteiger charge is -2.10. The van der Waals surface area contributed by atoms with Gasteiger partial charge in [-0.25, -0.2) is 14.8 Å². The van der Waals surface area contributed by atoms with E-state index in [4.69, 9.17) is 9.84 Å². The second kappa shape index (κ2) is 5.33. The Morgan fingerprint density at radius 1 is 1.56 bits per heavy atom. The lowest BCUT2D eigenvalue weighted by molar-refractivity contribution is 0.0684. The van der Waals surface area contributed by atoms with E-state index in [9.17, 15) is 4.79 Å². The van der Waals surface area contributed by atoms with E-state index in [1.807, 2.05) is 13.8 Å². The zero-order chi connectivity index (χ0) is 13.1. The van der Waals surface area contributed by atoms with Crippen molar-refractivity contribution in [3.63, 3.8) is 0 Å². The molecule has 0 bridgehead atoms. The molecule has 1 aliphatic rings. The predicted octanol–water partition coefficient (Wildman–Crippen LogP) is 2.48. The number of carbonyl (C=O) groups is 1. The van der Waals surface area contributed by atoms with Crippen molar-refractivity contribution in [3.8, 4) is 5.75 Å². The van der Waals surface area contributed by atoms with Crippen LogP contribution in [-0.4, -0.2) is 27.7 Å². The van der Waals surface area contributed by atoms with Crippen molar-refractivity contribution in [2.75, 3.05) is 6.61 Å². The quantitative estimate of drug-likeness (QED) is 0.839. The van der Waals surface area contributed by atoms with E-state index in [0.29, 0.717) is 12.4 Å².